The number of carbonyl (C=O) groups is 1. The highest BCUT2D eigenvalue weighted by Gasteiger charge is 2.19. The van der Waals surface area contributed by atoms with E-state index in [1.165, 1.54) is 0 Å². The molecule has 0 aliphatic heterocycles. The van der Waals surface area contributed by atoms with E-state index in [0.29, 0.717) is 23.0 Å². The largest absolute Gasteiger partial charge is 0.478 e. The number of benzene rings is 2. The zero-order valence-corrected chi connectivity index (χ0v) is 11.8. The van der Waals surface area contributed by atoms with Gasteiger partial charge in [-0.2, -0.15) is 0 Å². The predicted molar refractivity (Wildman–Crippen MR) is 83.0 cm³/mol. The molecule has 3 rings (SSSR count). The van der Waals surface area contributed by atoms with Gasteiger partial charge in [-0.1, -0.05) is 60.1 Å². The first-order valence-corrected chi connectivity index (χ1v) is 6.89. The first kappa shape index (κ1) is 13.6. The first-order valence-electron chi connectivity index (χ1n) is 6.51. The Morgan fingerprint density at radius 1 is 1.05 bits per heavy atom. The SMILES string of the molecule is O=C(O)c1c(Cc2ccccc2)nc2ccccc2c1Cl. The van der Waals surface area contributed by atoms with Gasteiger partial charge in [0, 0.05) is 11.8 Å². The molecule has 0 fully saturated rings. The minimum Gasteiger partial charge on any atom is -0.478 e. The molecular weight excluding hydrogens is 286 g/mol. The van der Waals surface area contributed by atoms with Gasteiger partial charge in [0.1, 0.15) is 5.56 Å². The van der Waals surface area contributed by atoms with E-state index in [4.69, 9.17) is 11.6 Å². The molecule has 1 aromatic heterocycles. The van der Waals surface area contributed by atoms with Gasteiger partial charge in [-0.25, -0.2) is 4.79 Å². The zero-order valence-electron chi connectivity index (χ0n) is 11.1. The van der Waals surface area contributed by atoms with Crippen LogP contribution in [0.25, 0.3) is 10.9 Å². The summed E-state index contributed by atoms with van der Waals surface area (Å²) in [5.74, 6) is -1.05. The Bertz CT molecular complexity index is 816. The van der Waals surface area contributed by atoms with Crippen LogP contribution in [0.15, 0.2) is 54.6 Å². The van der Waals surface area contributed by atoms with Gasteiger partial charge in [0.15, 0.2) is 0 Å². The van der Waals surface area contributed by atoms with Crippen LogP contribution in [0, 0.1) is 0 Å². The second-order valence-electron chi connectivity index (χ2n) is 4.73. The number of fused-ring (bicyclic) bond motifs is 1. The number of hydrogen-bond acceptors (Lipinski definition) is 2. The van der Waals surface area contributed by atoms with Crippen LogP contribution < -0.4 is 0 Å². The summed E-state index contributed by atoms with van der Waals surface area (Å²) in [7, 11) is 0. The number of pyridine rings is 1. The van der Waals surface area contributed by atoms with Gasteiger partial charge in [-0.3, -0.25) is 4.98 Å². The molecule has 3 nitrogen and oxygen atoms in total. The third-order valence-corrected chi connectivity index (χ3v) is 3.72. The maximum absolute atomic E-state index is 11.6. The van der Waals surface area contributed by atoms with Gasteiger partial charge >= 0.3 is 5.97 Å². The van der Waals surface area contributed by atoms with Crippen LogP contribution in [0.2, 0.25) is 5.02 Å². The molecule has 2 aromatic carbocycles. The number of rotatable bonds is 3. The molecule has 0 saturated carbocycles. The highest BCUT2D eigenvalue weighted by molar-refractivity contribution is 6.38. The maximum Gasteiger partial charge on any atom is 0.339 e. The number of aromatic carboxylic acids is 1. The fourth-order valence-electron chi connectivity index (χ4n) is 2.35. The Morgan fingerprint density at radius 3 is 2.43 bits per heavy atom. The van der Waals surface area contributed by atoms with Crippen molar-refractivity contribution in [1.29, 1.82) is 0 Å². The first-order chi connectivity index (χ1) is 10.2. The molecule has 0 aliphatic carbocycles. The van der Waals surface area contributed by atoms with E-state index in [2.05, 4.69) is 4.98 Å². The van der Waals surface area contributed by atoms with E-state index in [1.54, 1.807) is 6.07 Å². The Balaban J connectivity index is 2.20. The molecule has 0 spiro atoms. The summed E-state index contributed by atoms with van der Waals surface area (Å²) >= 11 is 6.29. The fourth-order valence-corrected chi connectivity index (χ4v) is 2.70. The Morgan fingerprint density at radius 2 is 1.71 bits per heavy atom. The lowest BCUT2D eigenvalue weighted by atomic mass is 10.0. The molecule has 0 radical (unpaired) electrons. The van der Waals surface area contributed by atoms with Crippen molar-refractivity contribution >= 4 is 28.5 Å². The van der Waals surface area contributed by atoms with Gasteiger partial charge in [0.05, 0.1) is 16.2 Å². The number of carboxylic acids is 1. The number of para-hydroxylation sites is 1. The van der Waals surface area contributed by atoms with Crippen molar-refractivity contribution < 1.29 is 9.90 Å². The van der Waals surface area contributed by atoms with E-state index < -0.39 is 5.97 Å². The van der Waals surface area contributed by atoms with Crippen LogP contribution in [0.4, 0.5) is 0 Å². The molecular formula is C17H12ClNO2. The molecule has 0 saturated heterocycles. The van der Waals surface area contributed by atoms with Crippen LogP contribution in [0.3, 0.4) is 0 Å². The number of halogens is 1. The quantitative estimate of drug-likeness (QED) is 0.789. The van der Waals surface area contributed by atoms with Crippen LogP contribution in [-0.4, -0.2) is 16.1 Å². The van der Waals surface area contributed by atoms with E-state index >= 15 is 0 Å². The fraction of sp³-hybridized carbons (Fsp3) is 0.0588. The second-order valence-corrected chi connectivity index (χ2v) is 5.11. The standard InChI is InChI=1S/C17H12ClNO2/c18-16-12-8-4-5-9-13(12)19-14(15(16)17(20)21)10-11-6-2-1-3-7-11/h1-9H,10H2,(H,20,21). The molecule has 0 bridgehead atoms. The minimum atomic E-state index is -1.05. The van der Waals surface area contributed by atoms with Gasteiger partial charge in [-0.05, 0) is 11.6 Å². The lowest BCUT2D eigenvalue weighted by molar-refractivity contribution is 0.0695. The Hall–Kier alpha value is -2.39. The highest BCUT2D eigenvalue weighted by atomic mass is 35.5. The van der Waals surface area contributed by atoms with E-state index in [1.807, 2.05) is 48.5 Å². The molecule has 4 heteroatoms. The number of aromatic nitrogens is 1. The number of carboxylic acid groups (broad SMARTS) is 1. The highest BCUT2D eigenvalue weighted by Crippen LogP contribution is 2.29. The van der Waals surface area contributed by atoms with Crippen LogP contribution in [-0.2, 0) is 6.42 Å². The second kappa shape index (κ2) is 5.54. The summed E-state index contributed by atoms with van der Waals surface area (Å²) in [4.78, 5) is 16.0. The van der Waals surface area contributed by atoms with Crippen LogP contribution in [0.1, 0.15) is 21.6 Å². The van der Waals surface area contributed by atoms with Crippen molar-refractivity contribution in [1.82, 2.24) is 4.98 Å². The number of hydrogen-bond donors (Lipinski definition) is 1. The van der Waals surface area contributed by atoms with Crippen molar-refractivity contribution in [2.24, 2.45) is 0 Å². The van der Waals surface area contributed by atoms with Crippen molar-refractivity contribution in [2.45, 2.75) is 6.42 Å². The normalized spacial score (nSPS) is 10.7. The van der Waals surface area contributed by atoms with E-state index in [0.717, 1.165) is 5.56 Å². The summed E-state index contributed by atoms with van der Waals surface area (Å²) in [6.07, 6.45) is 0.438. The predicted octanol–water partition coefficient (Wildman–Crippen LogP) is 4.18. The molecule has 0 unspecified atom stereocenters. The van der Waals surface area contributed by atoms with E-state index in [-0.39, 0.29) is 10.6 Å². The molecule has 0 atom stereocenters. The average molecular weight is 298 g/mol. The topological polar surface area (TPSA) is 50.2 Å². The van der Waals surface area contributed by atoms with Crippen LogP contribution >= 0.6 is 11.6 Å². The summed E-state index contributed by atoms with van der Waals surface area (Å²) in [6.45, 7) is 0. The molecule has 1 N–H and O–H groups in total. The monoisotopic (exact) mass is 297 g/mol. The molecule has 3 aromatic rings. The van der Waals surface area contributed by atoms with Crippen molar-refractivity contribution in [3.8, 4) is 0 Å². The Kier molecular flexibility index (Phi) is 3.59. The minimum absolute atomic E-state index is 0.0826. The third kappa shape index (κ3) is 2.60. The molecule has 104 valence electrons. The van der Waals surface area contributed by atoms with Gasteiger partial charge in [0.25, 0.3) is 0 Å². The van der Waals surface area contributed by atoms with Gasteiger partial charge < -0.3 is 5.11 Å². The number of nitrogens with zero attached hydrogens (tertiary/aromatic N) is 1. The lowest BCUT2D eigenvalue weighted by Crippen LogP contribution is -2.07. The Labute approximate surface area is 126 Å². The molecule has 1 heterocycles. The van der Waals surface area contributed by atoms with Gasteiger partial charge in [-0.15, -0.1) is 0 Å². The summed E-state index contributed by atoms with van der Waals surface area (Å²) in [5.41, 5.74) is 2.27. The molecule has 21 heavy (non-hydrogen) atoms. The van der Waals surface area contributed by atoms with Crippen molar-refractivity contribution in [2.75, 3.05) is 0 Å². The molecule has 0 amide bonds. The summed E-state index contributed by atoms with van der Waals surface area (Å²) in [5, 5.41) is 10.4. The summed E-state index contributed by atoms with van der Waals surface area (Å²) < 4.78 is 0. The smallest absolute Gasteiger partial charge is 0.339 e. The zero-order chi connectivity index (χ0) is 14.8. The summed E-state index contributed by atoms with van der Waals surface area (Å²) in [6, 6.07) is 16.9. The van der Waals surface area contributed by atoms with Crippen molar-refractivity contribution in [3.05, 3.63) is 76.4 Å². The average Bonchev–Trinajstić information content (AvgIpc) is 2.48. The third-order valence-electron chi connectivity index (χ3n) is 3.33. The maximum atomic E-state index is 11.6. The van der Waals surface area contributed by atoms with Gasteiger partial charge in [0.2, 0.25) is 0 Å². The lowest BCUT2D eigenvalue weighted by Gasteiger charge is -2.10. The van der Waals surface area contributed by atoms with E-state index in [9.17, 15) is 9.90 Å². The molecule has 0 aliphatic rings. The van der Waals surface area contributed by atoms with Crippen molar-refractivity contribution in [3.63, 3.8) is 0 Å². The van der Waals surface area contributed by atoms with Crippen LogP contribution in [0.5, 0.6) is 0 Å².